The number of alkyl halides is 1. The number of carbonyl (C=O) groups is 7. The number of phenolic OH excluding ortho intramolecular Hbond substituents is 1. The van der Waals surface area contributed by atoms with E-state index in [9.17, 15) is 48.2 Å². The first-order valence-electron chi connectivity index (χ1n) is 27.1. The Balaban J connectivity index is 0.739. The number of likely N-dealkylation sites (tertiary alicyclic amines) is 1. The van der Waals surface area contributed by atoms with Gasteiger partial charge in [-0.1, -0.05) is 63.0 Å². The van der Waals surface area contributed by atoms with E-state index in [0.29, 0.717) is 55.0 Å². The zero-order chi connectivity index (χ0) is 58.2. The van der Waals surface area contributed by atoms with Gasteiger partial charge >= 0.3 is 0 Å². The van der Waals surface area contributed by atoms with Crippen molar-refractivity contribution in [1.82, 2.24) is 46.5 Å². The van der Waals surface area contributed by atoms with Crippen molar-refractivity contribution in [2.75, 3.05) is 46.9 Å². The van der Waals surface area contributed by atoms with E-state index in [1.165, 1.54) is 39.3 Å². The zero-order valence-corrected chi connectivity index (χ0v) is 47.1. The number of unbranched alkanes of at least 4 members (excludes halogenated alkanes) is 3. The number of amides is 7. The maximum atomic E-state index is 14.7. The lowest BCUT2D eigenvalue weighted by Gasteiger charge is -2.35. The van der Waals surface area contributed by atoms with Gasteiger partial charge in [0.25, 0.3) is 29.5 Å². The molecule has 2 aromatic heterocycles. The number of hydrogen-bond acceptors (Lipinski definition) is 15. The third-order valence-electron chi connectivity index (χ3n) is 14.5. The van der Waals surface area contributed by atoms with Crippen LogP contribution in [0.4, 0.5) is 4.39 Å². The van der Waals surface area contributed by atoms with Gasteiger partial charge in [-0.3, -0.25) is 33.6 Å². The maximum Gasteiger partial charge on any atom is 0.273 e. The number of aryl methyl sites for hydroxylation is 2. The Morgan fingerprint density at radius 2 is 1.60 bits per heavy atom. The summed E-state index contributed by atoms with van der Waals surface area (Å²) in [4.78, 5) is 99.6. The van der Waals surface area contributed by atoms with E-state index in [0.717, 1.165) is 46.5 Å². The molecule has 0 radical (unpaired) electrons. The highest BCUT2D eigenvalue weighted by Gasteiger charge is 2.53. The van der Waals surface area contributed by atoms with Gasteiger partial charge in [0, 0.05) is 63.9 Å². The van der Waals surface area contributed by atoms with Crippen LogP contribution in [0.1, 0.15) is 121 Å². The quantitative estimate of drug-likeness (QED) is 0.0378. The van der Waals surface area contributed by atoms with Gasteiger partial charge in [-0.05, 0) is 97.9 Å². The highest BCUT2D eigenvalue weighted by molar-refractivity contribution is 7.13. The van der Waals surface area contributed by atoms with Crippen molar-refractivity contribution >= 4 is 52.7 Å². The number of aliphatic hydroxyl groups excluding tert-OH is 1. The van der Waals surface area contributed by atoms with Crippen molar-refractivity contribution in [3.63, 3.8) is 0 Å². The third-order valence-corrected chi connectivity index (χ3v) is 15.5. The summed E-state index contributed by atoms with van der Waals surface area (Å²) >= 11 is 1.45. The number of phenols is 1. The molecule has 7 amide bonds. The number of aromatic nitrogens is 2. The van der Waals surface area contributed by atoms with Crippen LogP contribution in [0.5, 0.6) is 17.2 Å². The predicted molar refractivity (Wildman–Crippen MR) is 297 cm³/mol. The molecule has 4 atom stereocenters. The number of aromatic hydroxyl groups is 1. The van der Waals surface area contributed by atoms with Gasteiger partial charge < -0.3 is 60.6 Å². The Hall–Kier alpha value is -7.92. The number of ether oxygens (including phenoxy) is 2. The van der Waals surface area contributed by atoms with Crippen molar-refractivity contribution in [2.24, 2.45) is 5.41 Å². The van der Waals surface area contributed by atoms with Crippen LogP contribution in [-0.2, 0) is 36.9 Å². The monoisotopic (exact) mass is 1140 g/mol. The second-order valence-corrected chi connectivity index (χ2v) is 22.9. The Morgan fingerprint density at radius 3 is 2.26 bits per heavy atom. The normalized spacial score (nSPS) is 17.3. The molecule has 8 rings (SSSR count). The van der Waals surface area contributed by atoms with E-state index in [4.69, 9.17) is 14.0 Å². The van der Waals surface area contributed by atoms with E-state index in [1.54, 1.807) is 64.6 Å². The fourth-order valence-corrected chi connectivity index (χ4v) is 10.5. The molecule has 1 aliphatic heterocycles. The van der Waals surface area contributed by atoms with Gasteiger partial charge in [-0.2, -0.15) is 0 Å². The number of thiazole rings is 1. The van der Waals surface area contributed by atoms with Crippen LogP contribution >= 0.6 is 11.3 Å². The highest BCUT2D eigenvalue weighted by atomic mass is 32.1. The molecular formula is C58H70FN9O12S. The fourth-order valence-electron chi connectivity index (χ4n) is 9.70. The first-order valence-corrected chi connectivity index (χ1v) is 28.0. The molecule has 1 saturated heterocycles. The molecule has 81 heavy (non-hydrogen) atoms. The Labute approximate surface area is 472 Å². The molecule has 2 fully saturated rings. The molecule has 1 saturated carbocycles. The summed E-state index contributed by atoms with van der Waals surface area (Å²) in [7, 11) is 3.17. The molecule has 0 bridgehead atoms. The van der Waals surface area contributed by atoms with Gasteiger partial charge in [-0.25, -0.2) is 9.37 Å². The summed E-state index contributed by atoms with van der Waals surface area (Å²) in [5, 5.41) is 39.2. The van der Waals surface area contributed by atoms with Crippen LogP contribution < -0.4 is 36.1 Å². The molecule has 3 aromatic carbocycles. The van der Waals surface area contributed by atoms with Gasteiger partial charge in [0.05, 0.1) is 33.8 Å². The number of benzene rings is 3. The second kappa shape index (κ2) is 25.7. The SMILES string of the molecule is Cc1ncsc1-c1ccc(CNC(=O)[C@@H]2C[C@@H](O)CN2C(=O)[C@@H](NC(=O)C2(F)CC2)C(C)(C)C)c(OCC(=O)NCCCCCCNC(=O)COc2ccc3c(c2)[C@H](NC(=O)c2cc(-c4ccc(C(=O)N(C)C)c(O)c4)on2)CC3)c1. The molecule has 0 spiro atoms. The Kier molecular flexibility index (Phi) is 18.8. The number of nitrogens with one attached hydrogen (secondary N) is 5. The first kappa shape index (κ1) is 59.2. The Morgan fingerprint density at radius 1 is 0.901 bits per heavy atom. The molecule has 3 aliphatic rings. The number of halogens is 1. The van der Waals surface area contributed by atoms with Gasteiger partial charge in [-0.15, -0.1) is 11.3 Å². The average molecular weight is 1140 g/mol. The minimum Gasteiger partial charge on any atom is -0.507 e. The molecule has 3 heterocycles. The number of rotatable bonds is 24. The molecule has 23 heteroatoms. The molecule has 2 aliphatic carbocycles. The highest BCUT2D eigenvalue weighted by Crippen LogP contribution is 2.41. The number of fused-ring (bicyclic) bond motifs is 1. The standard InChI is InChI=1S/C58H70FN9O12S/c1-33-50(81-32-63-33)36-11-12-37(28-62-53(74)44-25-38(69)29-68(44)55(76)51(57(2,3)4)65-56(77)58(59)19-20-58)46(24-36)79-31-49(72)61-22-10-8-7-9-21-60-48(71)30-78-39-16-13-34-15-18-42(41(34)26-39)64-52(73)43-27-47(80-66-43)35-14-17-40(45(70)23-35)54(75)67(5)6/h11-14,16-17,23-24,26-27,32,38,42,44,51,69-70H,7-10,15,18-22,25,28-31H2,1-6H3,(H,60,71)(H,61,72)(H,62,74)(H,64,73)(H,65,77)/t38-,42-,44+,51-/m1/s1. The lowest BCUT2D eigenvalue weighted by Crippen LogP contribution is -2.59. The van der Waals surface area contributed by atoms with Crippen molar-refractivity contribution in [3.8, 4) is 39.0 Å². The summed E-state index contributed by atoms with van der Waals surface area (Å²) in [5.74, 6) is -2.59. The van der Waals surface area contributed by atoms with Crippen LogP contribution in [0, 0.1) is 12.3 Å². The van der Waals surface area contributed by atoms with Crippen molar-refractivity contribution < 1.29 is 62.2 Å². The van der Waals surface area contributed by atoms with Crippen LogP contribution in [0.3, 0.4) is 0 Å². The van der Waals surface area contributed by atoms with Crippen LogP contribution in [0.15, 0.2) is 70.7 Å². The van der Waals surface area contributed by atoms with Gasteiger partial charge in [0.15, 0.2) is 30.3 Å². The van der Waals surface area contributed by atoms with Crippen molar-refractivity contribution in [1.29, 1.82) is 0 Å². The summed E-state index contributed by atoms with van der Waals surface area (Å²) in [5.41, 5.74) is 3.61. The third kappa shape index (κ3) is 14.9. The van der Waals surface area contributed by atoms with E-state index < -0.39 is 52.9 Å². The van der Waals surface area contributed by atoms with Crippen LogP contribution in [-0.4, -0.2) is 142 Å². The van der Waals surface area contributed by atoms with Gasteiger partial charge in [0.1, 0.15) is 29.3 Å². The predicted octanol–water partition coefficient (Wildman–Crippen LogP) is 5.46. The summed E-state index contributed by atoms with van der Waals surface area (Å²) in [6, 6.07) is 14.4. The summed E-state index contributed by atoms with van der Waals surface area (Å²) in [6.07, 6.45) is 3.51. The van der Waals surface area contributed by atoms with Crippen LogP contribution in [0.25, 0.3) is 21.8 Å². The molecular weight excluding hydrogens is 1070 g/mol. The molecule has 7 N–H and O–H groups in total. The van der Waals surface area contributed by atoms with Crippen LogP contribution in [0.2, 0.25) is 0 Å². The van der Waals surface area contributed by atoms with Crippen molar-refractivity contribution in [3.05, 3.63) is 99.8 Å². The smallest absolute Gasteiger partial charge is 0.273 e. The summed E-state index contributed by atoms with van der Waals surface area (Å²) in [6.45, 7) is 7.25. The number of β-amino-alcohol motifs (C(OH)–C–C–N with tert-alkyl or cyclic N) is 1. The Bertz CT molecular complexity index is 3150. The largest absolute Gasteiger partial charge is 0.507 e. The van der Waals surface area contributed by atoms with Crippen molar-refractivity contribution in [2.45, 2.75) is 122 Å². The fraction of sp³-hybridized carbons (Fsp3) is 0.466. The zero-order valence-electron chi connectivity index (χ0n) is 46.3. The topological polar surface area (TPSA) is 284 Å². The molecule has 5 aromatic rings. The first-order chi connectivity index (χ1) is 38.6. The second-order valence-electron chi connectivity index (χ2n) is 22.1. The number of nitrogens with zero attached hydrogens (tertiary/aromatic N) is 4. The molecule has 0 unspecified atom stereocenters. The molecule has 432 valence electrons. The minimum absolute atomic E-state index is 0.0338. The van der Waals surface area contributed by atoms with E-state index in [2.05, 4.69) is 36.7 Å². The maximum absolute atomic E-state index is 14.7. The lowest BCUT2D eigenvalue weighted by atomic mass is 9.85. The van der Waals surface area contributed by atoms with E-state index >= 15 is 0 Å². The number of aliphatic hydroxyl groups is 1. The van der Waals surface area contributed by atoms with E-state index in [-0.39, 0.29) is 92.1 Å². The summed E-state index contributed by atoms with van der Waals surface area (Å²) < 4.78 is 32.0. The number of hydrogen-bond donors (Lipinski definition) is 7. The van der Waals surface area contributed by atoms with Gasteiger partial charge in [0.2, 0.25) is 11.8 Å². The molecule has 21 nitrogen and oxygen atoms in total. The lowest BCUT2D eigenvalue weighted by molar-refractivity contribution is -0.145. The number of carbonyl (C=O) groups excluding carboxylic acids is 7. The minimum atomic E-state index is -2.01. The average Bonchev–Trinajstić information content (AvgIpc) is 4.12. The van der Waals surface area contributed by atoms with E-state index in [1.807, 2.05) is 25.1 Å².